The van der Waals surface area contributed by atoms with Crippen LogP contribution in [0, 0.1) is 5.92 Å². The number of nitrogens with zero attached hydrogens (tertiary/aromatic N) is 5. The van der Waals surface area contributed by atoms with Crippen molar-refractivity contribution >= 4 is 27.9 Å². The second-order valence-corrected chi connectivity index (χ2v) is 8.24. The van der Waals surface area contributed by atoms with Crippen LogP contribution in [0.2, 0.25) is 0 Å². The number of anilines is 1. The van der Waals surface area contributed by atoms with Crippen molar-refractivity contribution in [3.8, 4) is 11.4 Å². The molecule has 2 aliphatic rings. The summed E-state index contributed by atoms with van der Waals surface area (Å²) in [5, 5.41) is 2.18. The molecule has 1 aliphatic heterocycles. The van der Waals surface area contributed by atoms with Crippen molar-refractivity contribution in [2.75, 3.05) is 24.7 Å². The van der Waals surface area contributed by atoms with Gasteiger partial charge in [-0.1, -0.05) is 0 Å². The van der Waals surface area contributed by atoms with E-state index in [1.165, 1.54) is 12.8 Å². The van der Waals surface area contributed by atoms with Gasteiger partial charge in [-0.2, -0.15) is 0 Å². The zero-order valence-electron chi connectivity index (χ0n) is 16.5. The average Bonchev–Trinajstić information content (AvgIpc) is 3.27. The molecule has 1 atom stereocenters. The molecule has 7 heteroatoms. The maximum atomic E-state index is 5.67. The zero-order valence-corrected chi connectivity index (χ0v) is 16.5. The van der Waals surface area contributed by atoms with Gasteiger partial charge in [0.05, 0.1) is 24.6 Å². The highest BCUT2D eigenvalue weighted by Crippen LogP contribution is 2.35. The molecule has 0 bridgehead atoms. The summed E-state index contributed by atoms with van der Waals surface area (Å²) >= 11 is 0. The highest BCUT2D eigenvalue weighted by molar-refractivity contribution is 5.95. The van der Waals surface area contributed by atoms with Gasteiger partial charge >= 0.3 is 0 Å². The first-order valence-corrected chi connectivity index (χ1v) is 10.4. The van der Waals surface area contributed by atoms with Crippen LogP contribution in [0.15, 0.2) is 36.8 Å². The molecule has 5 heterocycles. The van der Waals surface area contributed by atoms with E-state index >= 15 is 0 Å². The Morgan fingerprint density at radius 1 is 1.17 bits per heavy atom. The molecule has 4 aromatic rings. The standard InChI is InChI=1S/C22H24N6O/c1-14-13-29-11-10-28(14)22-18-6-9-27(12-15-2-3-15)21(18)25-20(26-22)17-5-8-24-19-16(17)4-7-23-19/h4-9,14-15H,2-3,10-13H2,1H3,(H,23,24)/t14-/m1/s1. The molecular weight excluding hydrogens is 364 g/mol. The van der Waals surface area contributed by atoms with Crippen molar-refractivity contribution in [1.29, 1.82) is 0 Å². The monoisotopic (exact) mass is 388 g/mol. The number of rotatable bonds is 4. The molecular formula is C22H24N6O. The van der Waals surface area contributed by atoms with Gasteiger partial charge in [-0.25, -0.2) is 15.0 Å². The first-order valence-electron chi connectivity index (χ1n) is 10.4. The molecule has 2 fully saturated rings. The van der Waals surface area contributed by atoms with Crippen LogP contribution in [-0.4, -0.2) is 50.3 Å². The van der Waals surface area contributed by atoms with E-state index in [4.69, 9.17) is 14.7 Å². The normalized spacial score (nSPS) is 20.0. The Hall–Kier alpha value is -2.93. The van der Waals surface area contributed by atoms with Crippen molar-refractivity contribution in [1.82, 2.24) is 24.5 Å². The summed E-state index contributed by atoms with van der Waals surface area (Å²) in [6, 6.07) is 6.52. The van der Waals surface area contributed by atoms with Crippen LogP contribution < -0.4 is 4.90 Å². The van der Waals surface area contributed by atoms with Crippen molar-refractivity contribution in [3.63, 3.8) is 0 Å². The molecule has 0 unspecified atom stereocenters. The SMILES string of the molecule is C[C@@H]1COCCN1c1nc(-c2ccnc3[nH]ccc23)nc2c1ccn2CC1CC1. The third-order valence-electron chi connectivity index (χ3n) is 6.09. The minimum Gasteiger partial charge on any atom is -0.377 e. The lowest BCUT2D eigenvalue weighted by Gasteiger charge is -2.34. The van der Waals surface area contributed by atoms with Gasteiger partial charge in [-0.3, -0.25) is 0 Å². The minimum atomic E-state index is 0.284. The Bertz CT molecular complexity index is 1190. The predicted molar refractivity (Wildman–Crippen MR) is 113 cm³/mol. The number of morpholine rings is 1. The molecule has 7 nitrogen and oxygen atoms in total. The summed E-state index contributed by atoms with van der Waals surface area (Å²) in [5.74, 6) is 2.55. The average molecular weight is 388 g/mol. The van der Waals surface area contributed by atoms with E-state index in [0.717, 1.165) is 71.5 Å². The molecule has 0 radical (unpaired) electrons. The van der Waals surface area contributed by atoms with E-state index < -0.39 is 0 Å². The third-order valence-corrected chi connectivity index (χ3v) is 6.09. The Kier molecular flexibility index (Phi) is 3.84. The topological polar surface area (TPSA) is 71.9 Å². The number of ether oxygens (including phenoxy) is 1. The first kappa shape index (κ1) is 17.0. The number of H-pyrrole nitrogens is 1. The van der Waals surface area contributed by atoms with Crippen LogP contribution in [0.25, 0.3) is 33.5 Å². The number of fused-ring (bicyclic) bond motifs is 2. The summed E-state index contributed by atoms with van der Waals surface area (Å²) in [6.45, 7) is 5.53. The summed E-state index contributed by atoms with van der Waals surface area (Å²) < 4.78 is 7.98. The predicted octanol–water partition coefficient (Wildman–Crippen LogP) is 3.61. The molecule has 4 aromatic heterocycles. The second-order valence-electron chi connectivity index (χ2n) is 8.24. The fourth-order valence-corrected chi connectivity index (χ4v) is 4.31. The molecule has 0 spiro atoms. The lowest BCUT2D eigenvalue weighted by molar-refractivity contribution is 0.0987. The highest BCUT2D eigenvalue weighted by atomic mass is 16.5. The molecule has 0 amide bonds. The van der Waals surface area contributed by atoms with Crippen molar-refractivity contribution in [2.45, 2.75) is 32.4 Å². The van der Waals surface area contributed by atoms with Gasteiger partial charge in [0.25, 0.3) is 0 Å². The van der Waals surface area contributed by atoms with E-state index in [1.807, 2.05) is 24.5 Å². The van der Waals surface area contributed by atoms with E-state index in [-0.39, 0.29) is 6.04 Å². The van der Waals surface area contributed by atoms with Crippen LogP contribution in [0.3, 0.4) is 0 Å². The van der Waals surface area contributed by atoms with Crippen LogP contribution in [0.1, 0.15) is 19.8 Å². The number of pyridine rings is 1. The number of nitrogens with one attached hydrogen (secondary N) is 1. The molecule has 148 valence electrons. The summed E-state index contributed by atoms with van der Waals surface area (Å²) in [5.41, 5.74) is 2.90. The van der Waals surface area contributed by atoms with Gasteiger partial charge in [-0.15, -0.1) is 0 Å². The van der Waals surface area contributed by atoms with Gasteiger partial charge in [0, 0.05) is 42.6 Å². The largest absolute Gasteiger partial charge is 0.377 e. The maximum absolute atomic E-state index is 5.67. The number of hydrogen-bond acceptors (Lipinski definition) is 5. The van der Waals surface area contributed by atoms with E-state index in [1.54, 1.807) is 0 Å². The van der Waals surface area contributed by atoms with Gasteiger partial charge in [0.15, 0.2) is 5.82 Å². The molecule has 1 saturated carbocycles. The van der Waals surface area contributed by atoms with Crippen molar-refractivity contribution < 1.29 is 4.74 Å². The van der Waals surface area contributed by atoms with Gasteiger partial charge < -0.3 is 19.2 Å². The Labute approximate surface area is 168 Å². The number of hydrogen-bond donors (Lipinski definition) is 1. The number of aromatic amines is 1. The van der Waals surface area contributed by atoms with Gasteiger partial charge in [-0.05, 0) is 43.9 Å². The fraction of sp³-hybridized carbons (Fsp3) is 0.409. The van der Waals surface area contributed by atoms with Crippen LogP contribution in [0.5, 0.6) is 0 Å². The molecule has 6 rings (SSSR count). The highest BCUT2D eigenvalue weighted by Gasteiger charge is 2.27. The lowest BCUT2D eigenvalue weighted by atomic mass is 10.1. The van der Waals surface area contributed by atoms with Gasteiger partial charge in [0.2, 0.25) is 0 Å². The van der Waals surface area contributed by atoms with Crippen LogP contribution in [-0.2, 0) is 11.3 Å². The Morgan fingerprint density at radius 3 is 2.97 bits per heavy atom. The van der Waals surface area contributed by atoms with Crippen molar-refractivity contribution in [3.05, 3.63) is 36.8 Å². The molecule has 1 N–H and O–H groups in total. The van der Waals surface area contributed by atoms with Crippen molar-refractivity contribution in [2.24, 2.45) is 5.92 Å². The van der Waals surface area contributed by atoms with E-state index in [9.17, 15) is 0 Å². The quantitative estimate of drug-likeness (QED) is 0.578. The van der Waals surface area contributed by atoms with Crippen LogP contribution in [0.4, 0.5) is 5.82 Å². The maximum Gasteiger partial charge on any atom is 0.164 e. The second kappa shape index (κ2) is 6.56. The number of aromatic nitrogens is 5. The summed E-state index contributed by atoms with van der Waals surface area (Å²) in [7, 11) is 0. The summed E-state index contributed by atoms with van der Waals surface area (Å²) in [4.78, 5) is 20.1. The van der Waals surface area contributed by atoms with E-state index in [0.29, 0.717) is 0 Å². The molecule has 0 aromatic carbocycles. The first-order chi connectivity index (χ1) is 14.3. The molecule has 1 aliphatic carbocycles. The fourth-order valence-electron chi connectivity index (χ4n) is 4.31. The minimum absolute atomic E-state index is 0.284. The molecule has 1 saturated heterocycles. The van der Waals surface area contributed by atoms with Crippen LogP contribution >= 0.6 is 0 Å². The summed E-state index contributed by atoms with van der Waals surface area (Å²) in [6.07, 6.45) is 8.55. The smallest absolute Gasteiger partial charge is 0.164 e. The Balaban J connectivity index is 1.57. The van der Waals surface area contributed by atoms with E-state index in [2.05, 4.69) is 38.6 Å². The third kappa shape index (κ3) is 2.88. The van der Waals surface area contributed by atoms with Gasteiger partial charge in [0.1, 0.15) is 17.1 Å². The molecule has 29 heavy (non-hydrogen) atoms. The lowest BCUT2D eigenvalue weighted by Crippen LogP contribution is -2.44. The zero-order chi connectivity index (χ0) is 19.4. The Morgan fingerprint density at radius 2 is 2.10 bits per heavy atom.